The number of likely N-dealkylation sites (tertiary alicyclic amines) is 1. The predicted octanol–water partition coefficient (Wildman–Crippen LogP) is 4.22. The number of carbonyl (C=O) groups excluding carboxylic acids is 2. The Bertz CT molecular complexity index is 1160. The largest absolute Gasteiger partial charge is 0.496 e. The van der Waals surface area contributed by atoms with E-state index < -0.39 is 5.97 Å². The van der Waals surface area contributed by atoms with Crippen molar-refractivity contribution in [3.8, 4) is 17.2 Å². The van der Waals surface area contributed by atoms with Crippen LogP contribution in [0.3, 0.4) is 0 Å². The third-order valence-electron chi connectivity index (χ3n) is 6.28. The van der Waals surface area contributed by atoms with Gasteiger partial charge >= 0.3 is 5.97 Å². The lowest BCUT2D eigenvalue weighted by atomic mass is 9.97. The molecule has 2 aromatic carbocycles. The first-order valence-corrected chi connectivity index (χ1v) is 11.7. The Morgan fingerprint density at radius 2 is 1.77 bits per heavy atom. The molecule has 2 aliphatic rings. The molecule has 1 fully saturated rings. The van der Waals surface area contributed by atoms with Crippen LogP contribution in [-0.2, 0) is 14.3 Å². The van der Waals surface area contributed by atoms with Gasteiger partial charge in [-0.2, -0.15) is 0 Å². The van der Waals surface area contributed by atoms with Crippen LogP contribution >= 0.6 is 0 Å². The molecule has 2 atom stereocenters. The number of benzene rings is 2. The van der Waals surface area contributed by atoms with E-state index in [1.165, 1.54) is 7.11 Å². The number of nitrogens with zero attached hydrogens (tertiary/aromatic N) is 2. The van der Waals surface area contributed by atoms with Crippen LogP contribution in [0.25, 0.3) is 6.08 Å². The monoisotopic (exact) mass is 478 g/mol. The maximum absolute atomic E-state index is 12.8. The molecule has 0 aromatic heterocycles. The average molecular weight is 479 g/mol. The number of ether oxygens (including phenoxy) is 4. The van der Waals surface area contributed by atoms with E-state index in [1.54, 1.807) is 43.5 Å². The Kier molecular flexibility index (Phi) is 7.39. The predicted molar refractivity (Wildman–Crippen MR) is 132 cm³/mol. The number of piperidine rings is 1. The average Bonchev–Trinajstić information content (AvgIpc) is 3.22. The van der Waals surface area contributed by atoms with Gasteiger partial charge in [0.1, 0.15) is 5.75 Å². The second-order valence-electron chi connectivity index (χ2n) is 8.67. The van der Waals surface area contributed by atoms with Crippen LogP contribution in [0.1, 0.15) is 44.2 Å². The first-order chi connectivity index (χ1) is 16.9. The molecular formula is C27H30N2O6. The molecule has 35 heavy (non-hydrogen) atoms. The number of hydrogen-bond donors (Lipinski definition) is 0. The lowest BCUT2D eigenvalue weighted by molar-refractivity contribution is -0.139. The van der Waals surface area contributed by atoms with Gasteiger partial charge in [0.2, 0.25) is 5.90 Å². The van der Waals surface area contributed by atoms with Crippen LogP contribution in [-0.4, -0.2) is 55.6 Å². The Balaban J connectivity index is 1.49. The summed E-state index contributed by atoms with van der Waals surface area (Å²) in [4.78, 5) is 31.5. The van der Waals surface area contributed by atoms with Crippen molar-refractivity contribution in [2.75, 3.05) is 20.8 Å². The highest BCUT2D eigenvalue weighted by Crippen LogP contribution is 2.31. The normalized spacial score (nSPS) is 20.9. The highest BCUT2D eigenvalue weighted by molar-refractivity contribution is 6.13. The van der Waals surface area contributed by atoms with Crippen molar-refractivity contribution in [3.05, 3.63) is 59.3 Å². The minimum Gasteiger partial charge on any atom is -0.496 e. The maximum atomic E-state index is 12.8. The Labute approximate surface area is 205 Å². The number of amides is 1. The molecule has 1 amide bonds. The number of para-hydroxylation sites is 1. The fourth-order valence-corrected chi connectivity index (χ4v) is 4.52. The molecule has 2 aliphatic heterocycles. The van der Waals surface area contributed by atoms with E-state index in [4.69, 9.17) is 18.9 Å². The molecule has 8 nitrogen and oxygen atoms in total. The van der Waals surface area contributed by atoms with Crippen molar-refractivity contribution in [2.45, 2.75) is 45.2 Å². The summed E-state index contributed by atoms with van der Waals surface area (Å²) in [7, 11) is 3.07. The standard InChI is InChI=1S/C27H30N2O6/c1-17-8-7-9-18(2)29(17)25(30)16-34-23-13-12-19(15-24(23)33-4)14-21-27(31)35-26(28-21)20-10-5-6-11-22(20)32-3/h5-6,10-15,17-18H,7-9,16H2,1-4H3/b21-14-. The molecule has 4 rings (SSSR count). The Hall–Kier alpha value is -3.81. The number of methoxy groups -OCH3 is 2. The van der Waals surface area contributed by atoms with Crippen molar-refractivity contribution in [1.82, 2.24) is 4.90 Å². The summed E-state index contributed by atoms with van der Waals surface area (Å²) in [5.74, 6) is 1.06. The fraction of sp³-hybridized carbons (Fsp3) is 0.370. The SMILES string of the molecule is COc1cc(/C=C2\N=C(c3ccccc3OC)OC2=O)ccc1OCC(=O)N1C(C)CCCC1C. The number of esters is 1. The number of carbonyl (C=O) groups is 2. The zero-order valence-corrected chi connectivity index (χ0v) is 20.4. The van der Waals surface area contributed by atoms with E-state index in [1.807, 2.05) is 17.0 Å². The third kappa shape index (κ3) is 5.31. The highest BCUT2D eigenvalue weighted by atomic mass is 16.6. The van der Waals surface area contributed by atoms with Crippen LogP contribution in [0.2, 0.25) is 0 Å². The van der Waals surface area contributed by atoms with Crippen molar-refractivity contribution in [2.24, 2.45) is 4.99 Å². The number of hydrogen-bond acceptors (Lipinski definition) is 7. The van der Waals surface area contributed by atoms with Crippen molar-refractivity contribution in [3.63, 3.8) is 0 Å². The zero-order chi connectivity index (χ0) is 24.9. The lowest BCUT2D eigenvalue weighted by Gasteiger charge is -2.39. The van der Waals surface area contributed by atoms with Crippen LogP contribution in [0.5, 0.6) is 17.2 Å². The van der Waals surface area contributed by atoms with Gasteiger partial charge in [0.05, 0.1) is 19.8 Å². The summed E-state index contributed by atoms with van der Waals surface area (Å²) < 4.78 is 22.0. The maximum Gasteiger partial charge on any atom is 0.363 e. The molecule has 1 saturated heterocycles. The molecule has 8 heteroatoms. The molecular weight excluding hydrogens is 448 g/mol. The number of rotatable bonds is 7. The Morgan fingerprint density at radius 1 is 1.06 bits per heavy atom. The van der Waals surface area contributed by atoms with Crippen LogP contribution < -0.4 is 14.2 Å². The molecule has 0 aliphatic carbocycles. The van der Waals surface area contributed by atoms with E-state index in [0.29, 0.717) is 28.4 Å². The van der Waals surface area contributed by atoms with Crippen molar-refractivity contribution < 1.29 is 28.5 Å². The first-order valence-electron chi connectivity index (χ1n) is 11.7. The van der Waals surface area contributed by atoms with E-state index >= 15 is 0 Å². The molecule has 184 valence electrons. The minimum atomic E-state index is -0.555. The van der Waals surface area contributed by atoms with Crippen LogP contribution in [0, 0.1) is 0 Å². The van der Waals surface area contributed by atoms with Gasteiger partial charge in [0.25, 0.3) is 5.91 Å². The quantitative estimate of drug-likeness (QED) is 0.438. The summed E-state index contributed by atoms with van der Waals surface area (Å²) in [5, 5.41) is 0. The summed E-state index contributed by atoms with van der Waals surface area (Å²) in [6.07, 6.45) is 4.76. The van der Waals surface area contributed by atoms with Gasteiger partial charge in [-0.1, -0.05) is 18.2 Å². The van der Waals surface area contributed by atoms with Crippen molar-refractivity contribution >= 4 is 23.9 Å². The molecule has 0 spiro atoms. The summed E-state index contributed by atoms with van der Waals surface area (Å²) >= 11 is 0. The van der Waals surface area contributed by atoms with Gasteiger partial charge in [-0.3, -0.25) is 4.79 Å². The van der Waals surface area contributed by atoms with Gasteiger partial charge in [-0.25, -0.2) is 9.79 Å². The van der Waals surface area contributed by atoms with Gasteiger partial charge in [0.15, 0.2) is 23.8 Å². The van der Waals surface area contributed by atoms with E-state index in [-0.39, 0.29) is 36.2 Å². The second kappa shape index (κ2) is 10.6. The fourth-order valence-electron chi connectivity index (χ4n) is 4.52. The number of cyclic esters (lactones) is 1. The molecule has 0 bridgehead atoms. The molecule has 2 unspecified atom stereocenters. The molecule has 0 radical (unpaired) electrons. The Morgan fingerprint density at radius 3 is 2.49 bits per heavy atom. The van der Waals surface area contributed by atoms with Gasteiger partial charge in [-0.15, -0.1) is 0 Å². The van der Waals surface area contributed by atoms with Crippen LogP contribution in [0.4, 0.5) is 0 Å². The highest BCUT2D eigenvalue weighted by Gasteiger charge is 2.29. The smallest absolute Gasteiger partial charge is 0.363 e. The van der Waals surface area contributed by atoms with Gasteiger partial charge < -0.3 is 23.8 Å². The second-order valence-corrected chi connectivity index (χ2v) is 8.67. The molecule has 0 saturated carbocycles. The molecule has 2 aromatic rings. The zero-order valence-electron chi connectivity index (χ0n) is 20.4. The minimum absolute atomic E-state index is 0.0372. The summed E-state index contributed by atoms with van der Waals surface area (Å²) in [6, 6.07) is 12.8. The first kappa shape index (κ1) is 24.3. The number of aliphatic imine (C=N–C) groups is 1. The summed E-state index contributed by atoms with van der Waals surface area (Å²) in [6.45, 7) is 4.09. The van der Waals surface area contributed by atoms with E-state index in [0.717, 1.165) is 19.3 Å². The summed E-state index contributed by atoms with van der Waals surface area (Å²) in [5.41, 5.74) is 1.43. The van der Waals surface area contributed by atoms with Gasteiger partial charge in [0, 0.05) is 12.1 Å². The topological polar surface area (TPSA) is 86.7 Å². The molecule has 2 heterocycles. The van der Waals surface area contributed by atoms with E-state index in [2.05, 4.69) is 18.8 Å². The van der Waals surface area contributed by atoms with E-state index in [9.17, 15) is 9.59 Å². The third-order valence-corrected chi connectivity index (χ3v) is 6.28. The van der Waals surface area contributed by atoms with Gasteiger partial charge in [-0.05, 0) is 69.0 Å². The van der Waals surface area contributed by atoms with Crippen molar-refractivity contribution in [1.29, 1.82) is 0 Å². The molecule has 0 N–H and O–H groups in total. The van der Waals surface area contributed by atoms with Crippen LogP contribution in [0.15, 0.2) is 53.2 Å². The lowest BCUT2D eigenvalue weighted by Crippen LogP contribution is -2.49.